The Morgan fingerprint density at radius 3 is 2.25 bits per heavy atom. The number of thioether (sulfide) groups is 1. The lowest BCUT2D eigenvalue weighted by Crippen LogP contribution is -2.50. The lowest BCUT2D eigenvalue weighted by atomic mass is 10.1. The number of amides is 3. The van der Waals surface area contributed by atoms with E-state index in [9.17, 15) is 29.1 Å². The van der Waals surface area contributed by atoms with E-state index >= 15 is 0 Å². The molecule has 0 rings (SSSR count). The highest BCUT2D eigenvalue weighted by atomic mass is 32.2. The predicted octanol–water partition coefficient (Wildman–Crippen LogP) is -0.668. The third-order valence-electron chi connectivity index (χ3n) is 3.49. The van der Waals surface area contributed by atoms with Crippen molar-refractivity contribution in [2.24, 2.45) is 0 Å². The molecule has 0 aliphatic carbocycles. The van der Waals surface area contributed by atoms with E-state index in [1.807, 2.05) is 0 Å². The van der Waals surface area contributed by atoms with Gasteiger partial charge >= 0.3 is 18.0 Å². The maximum absolute atomic E-state index is 12.5. The van der Waals surface area contributed by atoms with Gasteiger partial charge < -0.3 is 35.3 Å². The molecule has 0 aromatic rings. The third kappa shape index (κ3) is 13.7. The standard InChI is InChI=1S/C19H33N3O9S/c1-19(2,3)31-18(28)22-12(17(27)30-5)6-7-14(24)21-13(11-32-9-8-23)16(26)20-10-15(25)29-4/h12-13,23H,6-11H2,1-5H3,(H,20,26)(H,21,24)(H,22,28)/t12-,13-/m0/s1/i8D2,9D2. The number of hydrogen-bond acceptors (Lipinski definition) is 10. The zero-order valence-corrected chi connectivity index (χ0v) is 19.4. The van der Waals surface area contributed by atoms with Crippen molar-refractivity contribution in [2.75, 3.05) is 38.8 Å². The van der Waals surface area contributed by atoms with Gasteiger partial charge in [-0.2, -0.15) is 11.8 Å². The minimum atomic E-state index is -3.25. The number of carbonyl (C=O) groups is 5. The number of alkyl carbamates (subject to hydrolysis) is 1. The summed E-state index contributed by atoms with van der Waals surface area (Å²) >= 11 is 0.220. The van der Waals surface area contributed by atoms with Gasteiger partial charge in [0.2, 0.25) is 11.8 Å². The van der Waals surface area contributed by atoms with Crippen molar-refractivity contribution in [3.63, 3.8) is 0 Å². The zero-order valence-electron chi connectivity index (χ0n) is 22.6. The molecule has 0 aromatic carbocycles. The van der Waals surface area contributed by atoms with Gasteiger partial charge in [0.15, 0.2) is 0 Å². The van der Waals surface area contributed by atoms with Crippen LogP contribution >= 0.6 is 11.8 Å². The smallest absolute Gasteiger partial charge is 0.408 e. The number of ether oxygens (including phenoxy) is 3. The maximum atomic E-state index is 12.5. The molecule has 0 spiro atoms. The predicted molar refractivity (Wildman–Crippen MR) is 116 cm³/mol. The molecular formula is C19H33N3O9S. The molecule has 0 aliphatic heterocycles. The topological polar surface area (TPSA) is 169 Å². The fourth-order valence-electron chi connectivity index (χ4n) is 2.08. The largest absolute Gasteiger partial charge is 0.468 e. The molecule has 32 heavy (non-hydrogen) atoms. The van der Waals surface area contributed by atoms with Crippen LogP contribution in [0.4, 0.5) is 4.79 Å². The summed E-state index contributed by atoms with van der Waals surface area (Å²) in [5.74, 6) is -3.87. The second-order valence-electron chi connectivity index (χ2n) is 7.20. The molecule has 0 saturated heterocycles. The number of hydrogen-bond donors (Lipinski definition) is 4. The highest BCUT2D eigenvalue weighted by Crippen LogP contribution is 2.09. The van der Waals surface area contributed by atoms with E-state index in [0.29, 0.717) is 0 Å². The maximum Gasteiger partial charge on any atom is 0.408 e. The first kappa shape index (κ1) is 22.6. The summed E-state index contributed by atoms with van der Waals surface area (Å²) in [4.78, 5) is 60.3. The molecule has 0 aliphatic rings. The molecular weight excluding hydrogens is 446 g/mol. The van der Waals surface area contributed by atoms with E-state index in [2.05, 4.69) is 25.4 Å². The number of rotatable bonds is 13. The van der Waals surface area contributed by atoms with Gasteiger partial charge in [0.25, 0.3) is 0 Å². The van der Waals surface area contributed by atoms with E-state index < -0.39 is 78.5 Å². The number of methoxy groups -OCH3 is 2. The Balaban J connectivity index is 5.33. The first-order valence-corrected chi connectivity index (χ1v) is 10.4. The summed E-state index contributed by atoms with van der Waals surface area (Å²) in [6.07, 6.45) is -1.56. The van der Waals surface area contributed by atoms with E-state index in [4.69, 9.17) is 10.2 Å². The Bertz CT molecular complexity index is 804. The third-order valence-corrected chi connectivity index (χ3v) is 4.23. The van der Waals surface area contributed by atoms with Crippen LogP contribution in [0.2, 0.25) is 0 Å². The van der Waals surface area contributed by atoms with Crippen molar-refractivity contribution < 1.29 is 48.8 Å². The van der Waals surface area contributed by atoms with Crippen molar-refractivity contribution in [3.8, 4) is 0 Å². The molecule has 4 N–H and O–H groups in total. The number of aliphatic hydroxyl groups is 1. The molecule has 12 nitrogen and oxygen atoms in total. The van der Waals surface area contributed by atoms with Gasteiger partial charge in [0, 0.05) is 20.6 Å². The molecule has 2 atom stereocenters. The summed E-state index contributed by atoms with van der Waals surface area (Å²) in [5, 5.41) is 16.1. The van der Waals surface area contributed by atoms with Gasteiger partial charge in [-0.15, -0.1) is 0 Å². The SMILES string of the molecule is [2H]C([2H])(O)C([2H])([2H])SC[C@H](NC(=O)CC[C@H](NC(=O)OC(C)(C)C)C(=O)OC)C(=O)NCC(=O)OC. The van der Waals surface area contributed by atoms with E-state index in [-0.39, 0.29) is 18.2 Å². The van der Waals surface area contributed by atoms with Crippen LogP contribution in [-0.4, -0.2) is 91.4 Å². The minimum Gasteiger partial charge on any atom is -0.468 e. The van der Waals surface area contributed by atoms with Crippen LogP contribution in [0.5, 0.6) is 0 Å². The van der Waals surface area contributed by atoms with Crippen LogP contribution in [-0.2, 0) is 33.4 Å². The summed E-state index contributed by atoms with van der Waals surface area (Å²) < 4.78 is 43.6. The van der Waals surface area contributed by atoms with Crippen LogP contribution in [0.1, 0.15) is 39.1 Å². The van der Waals surface area contributed by atoms with Gasteiger partial charge in [-0.3, -0.25) is 14.4 Å². The molecule has 0 radical (unpaired) electrons. The average molecular weight is 484 g/mol. The molecule has 0 saturated carbocycles. The van der Waals surface area contributed by atoms with Crippen LogP contribution in [0.15, 0.2) is 0 Å². The zero-order chi connectivity index (χ0) is 28.3. The molecule has 0 heterocycles. The van der Waals surface area contributed by atoms with Crippen molar-refractivity contribution in [2.45, 2.75) is 51.3 Å². The Kier molecular flexibility index (Phi) is 10.8. The number of nitrogens with one attached hydrogen (secondary N) is 3. The van der Waals surface area contributed by atoms with Crippen molar-refractivity contribution in [1.29, 1.82) is 0 Å². The van der Waals surface area contributed by atoms with Crippen molar-refractivity contribution >= 4 is 41.6 Å². The number of esters is 2. The molecule has 0 unspecified atom stereocenters. The fourth-order valence-corrected chi connectivity index (χ4v) is 2.63. The van der Waals surface area contributed by atoms with Crippen LogP contribution in [0, 0.1) is 0 Å². The second-order valence-corrected chi connectivity index (χ2v) is 8.03. The van der Waals surface area contributed by atoms with Crippen molar-refractivity contribution in [3.05, 3.63) is 0 Å². The highest BCUT2D eigenvalue weighted by molar-refractivity contribution is 7.99. The highest BCUT2D eigenvalue weighted by Gasteiger charge is 2.27. The van der Waals surface area contributed by atoms with E-state index in [1.54, 1.807) is 20.8 Å². The molecule has 3 amide bonds. The molecule has 0 bridgehead atoms. The first-order valence-electron chi connectivity index (χ1n) is 11.4. The van der Waals surface area contributed by atoms with Gasteiger partial charge in [-0.1, -0.05) is 0 Å². The van der Waals surface area contributed by atoms with Crippen molar-refractivity contribution in [1.82, 2.24) is 16.0 Å². The van der Waals surface area contributed by atoms with Crippen LogP contribution in [0.3, 0.4) is 0 Å². The second kappa shape index (κ2) is 15.3. The Hall–Kier alpha value is -2.54. The lowest BCUT2D eigenvalue weighted by molar-refractivity contribution is -0.143. The fraction of sp³-hybridized carbons (Fsp3) is 0.737. The van der Waals surface area contributed by atoms with Crippen LogP contribution < -0.4 is 16.0 Å². The van der Waals surface area contributed by atoms with Gasteiger partial charge in [0.05, 0.1) is 23.5 Å². The molecule has 0 aromatic heterocycles. The number of carbonyl (C=O) groups excluding carboxylic acids is 5. The van der Waals surface area contributed by atoms with E-state index in [0.717, 1.165) is 14.2 Å². The normalized spacial score (nSPS) is 15.4. The Morgan fingerprint density at radius 1 is 1.06 bits per heavy atom. The van der Waals surface area contributed by atoms with Gasteiger partial charge in [-0.25, -0.2) is 9.59 Å². The quantitative estimate of drug-likeness (QED) is 0.195. The Morgan fingerprint density at radius 2 is 1.72 bits per heavy atom. The van der Waals surface area contributed by atoms with Crippen LogP contribution in [0.25, 0.3) is 0 Å². The summed E-state index contributed by atoms with van der Waals surface area (Å²) in [6, 6.07) is -2.72. The van der Waals surface area contributed by atoms with E-state index in [1.165, 1.54) is 0 Å². The molecule has 0 fully saturated rings. The summed E-state index contributed by atoms with van der Waals surface area (Å²) in [5.41, 5.74) is -3.69. The Labute approximate surface area is 197 Å². The lowest BCUT2D eigenvalue weighted by Gasteiger charge is -2.23. The first-order chi connectivity index (χ1) is 16.3. The molecule has 13 heteroatoms. The molecule has 184 valence electrons. The average Bonchev–Trinajstić information content (AvgIpc) is 2.74. The minimum absolute atomic E-state index is 0.220. The summed E-state index contributed by atoms with van der Waals surface area (Å²) in [7, 11) is 2.17. The summed E-state index contributed by atoms with van der Waals surface area (Å²) in [6.45, 7) is 1.03. The van der Waals surface area contributed by atoms with Gasteiger partial charge in [0.1, 0.15) is 24.2 Å². The monoisotopic (exact) mass is 483 g/mol. The van der Waals surface area contributed by atoms with Gasteiger partial charge in [-0.05, 0) is 27.2 Å².